The highest BCUT2D eigenvalue weighted by atomic mass is 35.5. The topological polar surface area (TPSA) is 41.1 Å². The van der Waals surface area contributed by atoms with Crippen molar-refractivity contribution in [2.75, 3.05) is 19.6 Å². The van der Waals surface area contributed by atoms with Gasteiger partial charge in [0.1, 0.15) is 5.82 Å². The maximum absolute atomic E-state index is 13.7. The molecule has 0 unspecified atom stereocenters. The molecule has 1 heterocycles. The number of rotatable bonds is 4. The summed E-state index contributed by atoms with van der Waals surface area (Å²) in [5.74, 6) is -0.319. The maximum atomic E-state index is 13.7. The molecule has 1 fully saturated rings. The van der Waals surface area contributed by atoms with E-state index >= 15 is 0 Å². The Morgan fingerprint density at radius 3 is 2.75 bits per heavy atom. The van der Waals surface area contributed by atoms with Gasteiger partial charge in [0.2, 0.25) is 0 Å². The normalized spacial score (nSPS) is 15.5. The minimum Gasteiger partial charge on any atom is -0.352 e. The molecule has 0 spiro atoms. The SMILES string of the molecule is CCCNC(=O)c1cc(C2CCNCC2)ccc1F.Cl. The predicted molar refractivity (Wildman–Crippen MR) is 81.1 cm³/mol. The highest BCUT2D eigenvalue weighted by Gasteiger charge is 2.18. The summed E-state index contributed by atoms with van der Waals surface area (Å²) in [7, 11) is 0. The molecule has 20 heavy (non-hydrogen) atoms. The number of carbonyl (C=O) groups is 1. The first-order valence-electron chi connectivity index (χ1n) is 7.00. The fourth-order valence-corrected chi connectivity index (χ4v) is 2.46. The number of halogens is 2. The maximum Gasteiger partial charge on any atom is 0.254 e. The second-order valence-corrected chi connectivity index (χ2v) is 5.02. The molecule has 112 valence electrons. The Hall–Kier alpha value is -1.13. The first-order chi connectivity index (χ1) is 9.22. The molecule has 0 radical (unpaired) electrons. The van der Waals surface area contributed by atoms with E-state index < -0.39 is 5.82 Å². The molecular weight excluding hydrogens is 279 g/mol. The third-order valence-electron chi connectivity index (χ3n) is 3.58. The minimum absolute atomic E-state index is 0. The molecule has 1 amide bonds. The summed E-state index contributed by atoms with van der Waals surface area (Å²) in [5.41, 5.74) is 1.24. The van der Waals surface area contributed by atoms with Crippen LogP contribution in [-0.2, 0) is 0 Å². The van der Waals surface area contributed by atoms with Gasteiger partial charge < -0.3 is 10.6 Å². The standard InChI is InChI=1S/C15H21FN2O.ClH/c1-2-7-18-15(19)13-10-12(3-4-14(13)16)11-5-8-17-9-6-11;/h3-4,10-11,17H,2,5-9H2,1H3,(H,18,19);1H. The molecule has 2 rings (SSSR count). The Labute approximate surface area is 125 Å². The first-order valence-corrected chi connectivity index (χ1v) is 7.00. The van der Waals surface area contributed by atoms with Gasteiger partial charge in [-0.3, -0.25) is 4.79 Å². The zero-order valence-electron chi connectivity index (χ0n) is 11.7. The van der Waals surface area contributed by atoms with Gasteiger partial charge in [-0.15, -0.1) is 12.4 Å². The minimum atomic E-state index is -0.439. The number of benzene rings is 1. The van der Waals surface area contributed by atoms with Crippen LogP contribution in [0.15, 0.2) is 18.2 Å². The van der Waals surface area contributed by atoms with Crippen LogP contribution < -0.4 is 10.6 Å². The number of hydrogen-bond donors (Lipinski definition) is 2. The van der Waals surface area contributed by atoms with Crippen molar-refractivity contribution in [3.8, 4) is 0 Å². The lowest BCUT2D eigenvalue weighted by Gasteiger charge is -2.23. The van der Waals surface area contributed by atoms with Crippen molar-refractivity contribution in [1.82, 2.24) is 10.6 Å². The van der Waals surface area contributed by atoms with Crippen LogP contribution in [-0.4, -0.2) is 25.5 Å². The van der Waals surface area contributed by atoms with Gasteiger partial charge in [0.15, 0.2) is 0 Å². The third kappa shape index (κ3) is 4.18. The first kappa shape index (κ1) is 16.9. The van der Waals surface area contributed by atoms with Crippen molar-refractivity contribution in [2.45, 2.75) is 32.1 Å². The highest BCUT2D eigenvalue weighted by molar-refractivity contribution is 5.94. The van der Waals surface area contributed by atoms with Gasteiger partial charge >= 0.3 is 0 Å². The van der Waals surface area contributed by atoms with Crippen molar-refractivity contribution in [3.05, 3.63) is 35.1 Å². The second kappa shape index (κ2) is 8.22. The lowest BCUT2D eigenvalue weighted by atomic mass is 9.89. The predicted octanol–water partition coefficient (Wildman–Crippen LogP) is 2.85. The van der Waals surface area contributed by atoms with Crippen LogP contribution in [0.25, 0.3) is 0 Å². The van der Waals surface area contributed by atoms with Gasteiger partial charge in [-0.05, 0) is 56.0 Å². The fourth-order valence-electron chi connectivity index (χ4n) is 2.46. The number of carbonyl (C=O) groups excluding carboxylic acids is 1. The van der Waals surface area contributed by atoms with Crippen LogP contribution in [0.3, 0.4) is 0 Å². The van der Waals surface area contributed by atoms with Crippen LogP contribution in [0.2, 0.25) is 0 Å². The van der Waals surface area contributed by atoms with Crippen molar-refractivity contribution in [3.63, 3.8) is 0 Å². The number of hydrogen-bond acceptors (Lipinski definition) is 2. The number of amides is 1. The van der Waals surface area contributed by atoms with Crippen LogP contribution in [0.5, 0.6) is 0 Å². The molecule has 0 aliphatic carbocycles. The van der Waals surface area contributed by atoms with Gasteiger partial charge in [-0.1, -0.05) is 13.0 Å². The summed E-state index contributed by atoms with van der Waals surface area (Å²) < 4.78 is 13.7. The van der Waals surface area contributed by atoms with Crippen LogP contribution >= 0.6 is 12.4 Å². The summed E-state index contributed by atoms with van der Waals surface area (Å²) >= 11 is 0. The van der Waals surface area contributed by atoms with Gasteiger partial charge in [0.25, 0.3) is 5.91 Å². The van der Waals surface area contributed by atoms with E-state index in [4.69, 9.17) is 0 Å². The molecule has 1 aliphatic heterocycles. The Bertz CT molecular complexity index is 447. The van der Waals surface area contributed by atoms with Gasteiger partial charge in [-0.2, -0.15) is 0 Å². The summed E-state index contributed by atoms with van der Waals surface area (Å²) in [6, 6.07) is 4.94. The average Bonchev–Trinajstić information content (AvgIpc) is 2.46. The highest BCUT2D eigenvalue weighted by Crippen LogP contribution is 2.26. The number of nitrogens with one attached hydrogen (secondary N) is 2. The molecule has 5 heteroatoms. The van der Waals surface area contributed by atoms with Gasteiger partial charge in [0.05, 0.1) is 5.56 Å². The quantitative estimate of drug-likeness (QED) is 0.898. The Morgan fingerprint density at radius 1 is 1.40 bits per heavy atom. The Balaban J connectivity index is 0.00000200. The zero-order valence-corrected chi connectivity index (χ0v) is 12.6. The molecule has 1 aliphatic rings. The van der Waals surface area contributed by atoms with E-state index in [1.54, 1.807) is 6.07 Å². The van der Waals surface area contributed by atoms with Gasteiger partial charge in [-0.25, -0.2) is 4.39 Å². The molecule has 0 saturated carbocycles. The van der Waals surface area contributed by atoms with Crippen molar-refractivity contribution in [1.29, 1.82) is 0 Å². The van der Waals surface area contributed by atoms with E-state index in [1.807, 2.05) is 13.0 Å². The van der Waals surface area contributed by atoms with Crippen molar-refractivity contribution >= 4 is 18.3 Å². The largest absolute Gasteiger partial charge is 0.352 e. The van der Waals surface area contributed by atoms with E-state index in [1.165, 1.54) is 6.07 Å². The van der Waals surface area contributed by atoms with E-state index in [-0.39, 0.29) is 23.9 Å². The van der Waals surface area contributed by atoms with E-state index in [9.17, 15) is 9.18 Å². The van der Waals surface area contributed by atoms with Crippen molar-refractivity contribution in [2.24, 2.45) is 0 Å². The van der Waals surface area contributed by atoms with Crippen LogP contribution in [0, 0.1) is 5.82 Å². The Kier molecular flexibility index (Phi) is 6.96. The van der Waals surface area contributed by atoms with E-state index in [2.05, 4.69) is 10.6 Å². The van der Waals surface area contributed by atoms with Crippen LogP contribution in [0.4, 0.5) is 4.39 Å². The molecule has 1 saturated heterocycles. The zero-order chi connectivity index (χ0) is 13.7. The lowest BCUT2D eigenvalue weighted by Crippen LogP contribution is -2.27. The molecule has 3 nitrogen and oxygen atoms in total. The molecule has 0 aromatic heterocycles. The lowest BCUT2D eigenvalue weighted by molar-refractivity contribution is 0.0949. The fraction of sp³-hybridized carbons (Fsp3) is 0.533. The second-order valence-electron chi connectivity index (χ2n) is 5.02. The summed E-state index contributed by atoms with van der Waals surface area (Å²) in [6.07, 6.45) is 2.94. The molecule has 2 N–H and O–H groups in total. The Morgan fingerprint density at radius 2 is 2.10 bits per heavy atom. The molecule has 0 bridgehead atoms. The number of piperidine rings is 1. The monoisotopic (exact) mass is 300 g/mol. The van der Waals surface area contributed by atoms with E-state index in [0.717, 1.165) is 37.9 Å². The van der Waals surface area contributed by atoms with E-state index in [0.29, 0.717) is 12.5 Å². The van der Waals surface area contributed by atoms with Gasteiger partial charge in [0, 0.05) is 6.54 Å². The summed E-state index contributed by atoms with van der Waals surface area (Å²) in [5, 5.41) is 6.04. The molecule has 1 aromatic rings. The smallest absolute Gasteiger partial charge is 0.254 e. The molecule has 1 aromatic carbocycles. The van der Waals surface area contributed by atoms with Crippen LogP contribution in [0.1, 0.15) is 48.0 Å². The molecule has 0 atom stereocenters. The third-order valence-corrected chi connectivity index (χ3v) is 3.58. The average molecular weight is 301 g/mol. The summed E-state index contributed by atoms with van der Waals surface area (Å²) in [4.78, 5) is 11.9. The summed E-state index contributed by atoms with van der Waals surface area (Å²) in [6.45, 7) is 4.52. The molecular formula is C15H22ClFN2O. The van der Waals surface area contributed by atoms with Crippen molar-refractivity contribution < 1.29 is 9.18 Å².